The van der Waals surface area contributed by atoms with Gasteiger partial charge in [0.25, 0.3) is 0 Å². The Bertz CT molecular complexity index is 553. The number of methoxy groups -OCH3 is 1. The first-order chi connectivity index (χ1) is 9.15. The standard InChI is InChI=1S/C14H18FN3O/c1-4-16-14(12-8-18(2)9-17-12)10-5-6-13(19-3)11(15)7-10/h5-9,14,16H,4H2,1-3H3. The van der Waals surface area contributed by atoms with Crippen LogP contribution in [0, 0.1) is 5.82 Å². The van der Waals surface area contributed by atoms with Gasteiger partial charge in [0.2, 0.25) is 0 Å². The molecule has 0 saturated carbocycles. The summed E-state index contributed by atoms with van der Waals surface area (Å²) in [6.45, 7) is 2.78. The van der Waals surface area contributed by atoms with E-state index in [1.165, 1.54) is 13.2 Å². The number of benzene rings is 1. The molecule has 2 aromatic rings. The third kappa shape index (κ3) is 2.93. The summed E-state index contributed by atoms with van der Waals surface area (Å²) in [6.07, 6.45) is 3.66. The number of aryl methyl sites for hydroxylation is 1. The van der Waals surface area contributed by atoms with Gasteiger partial charge in [0.1, 0.15) is 0 Å². The van der Waals surface area contributed by atoms with Gasteiger partial charge in [-0.15, -0.1) is 0 Å². The van der Waals surface area contributed by atoms with E-state index in [0.29, 0.717) is 0 Å². The van der Waals surface area contributed by atoms with Gasteiger partial charge in [-0.1, -0.05) is 13.0 Å². The van der Waals surface area contributed by atoms with Crippen LogP contribution in [-0.2, 0) is 7.05 Å². The summed E-state index contributed by atoms with van der Waals surface area (Å²) in [6, 6.07) is 4.86. The van der Waals surface area contributed by atoms with Crippen molar-refractivity contribution in [3.8, 4) is 5.75 Å². The lowest BCUT2D eigenvalue weighted by Gasteiger charge is -2.17. The van der Waals surface area contributed by atoms with Gasteiger partial charge in [0, 0.05) is 13.2 Å². The molecule has 1 unspecified atom stereocenters. The zero-order valence-electron chi connectivity index (χ0n) is 11.4. The predicted octanol–water partition coefficient (Wildman–Crippen LogP) is 2.27. The lowest BCUT2D eigenvalue weighted by atomic mass is 10.0. The smallest absolute Gasteiger partial charge is 0.165 e. The van der Waals surface area contributed by atoms with Crippen LogP contribution in [0.25, 0.3) is 0 Å². The molecule has 0 aliphatic carbocycles. The van der Waals surface area contributed by atoms with Crippen LogP contribution in [0.4, 0.5) is 4.39 Å². The Morgan fingerprint density at radius 2 is 2.26 bits per heavy atom. The Balaban J connectivity index is 2.36. The van der Waals surface area contributed by atoms with Gasteiger partial charge < -0.3 is 14.6 Å². The minimum atomic E-state index is -0.362. The van der Waals surface area contributed by atoms with Crippen LogP contribution >= 0.6 is 0 Å². The van der Waals surface area contributed by atoms with E-state index >= 15 is 0 Å². The monoisotopic (exact) mass is 263 g/mol. The molecule has 0 amide bonds. The molecule has 0 aliphatic rings. The Hall–Kier alpha value is -1.88. The van der Waals surface area contributed by atoms with Gasteiger partial charge in [0.05, 0.1) is 25.2 Å². The second kappa shape index (κ2) is 5.84. The van der Waals surface area contributed by atoms with Crippen molar-refractivity contribution in [2.75, 3.05) is 13.7 Å². The van der Waals surface area contributed by atoms with E-state index in [1.807, 2.05) is 30.8 Å². The first kappa shape index (κ1) is 13.5. The zero-order chi connectivity index (χ0) is 13.8. The van der Waals surface area contributed by atoms with E-state index in [9.17, 15) is 4.39 Å². The van der Waals surface area contributed by atoms with Crippen LogP contribution in [0.2, 0.25) is 0 Å². The number of halogens is 1. The number of hydrogen-bond donors (Lipinski definition) is 1. The van der Waals surface area contributed by atoms with Crippen LogP contribution in [0.1, 0.15) is 24.2 Å². The van der Waals surface area contributed by atoms with E-state index in [1.54, 1.807) is 12.4 Å². The number of imidazole rings is 1. The van der Waals surface area contributed by atoms with Gasteiger partial charge in [-0.05, 0) is 24.2 Å². The zero-order valence-corrected chi connectivity index (χ0v) is 11.4. The topological polar surface area (TPSA) is 39.1 Å². The van der Waals surface area contributed by atoms with Crippen LogP contribution in [0.15, 0.2) is 30.7 Å². The number of ether oxygens (including phenoxy) is 1. The average molecular weight is 263 g/mol. The summed E-state index contributed by atoms with van der Waals surface area (Å²) in [5.74, 6) is -0.112. The number of rotatable bonds is 5. The molecule has 1 atom stereocenters. The highest BCUT2D eigenvalue weighted by Gasteiger charge is 2.17. The summed E-state index contributed by atoms with van der Waals surface area (Å²) in [4.78, 5) is 4.33. The quantitative estimate of drug-likeness (QED) is 0.899. The maximum atomic E-state index is 13.8. The number of nitrogens with zero attached hydrogens (tertiary/aromatic N) is 2. The van der Waals surface area contributed by atoms with Crippen molar-refractivity contribution in [1.82, 2.24) is 14.9 Å². The predicted molar refractivity (Wildman–Crippen MR) is 71.7 cm³/mol. The number of hydrogen-bond acceptors (Lipinski definition) is 3. The van der Waals surface area contributed by atoms with Crippen molar-refractivity contribution < 1.29 is 9.13 Å². The molecule has 1 N–H and O–H groups in total. The van der Waals surface area contributed by atoms with Crippen LogP contribution in [0.3, 0.4) is 0 Å². The molecule has 1 aromatic carbocycles. The molecular weight excluding hydrogens is 245 g/mol. The van der Waals surface area contributed by atoms with E-state index in [-0.39, 0.29) is 17.6 Å². The molecule has 19 heavy (non-hydrogen) atoms. The van der Waals surface area contributed by atoms with Crippen molar-refractivity contribution in [3.05, 3.63) is 47.8 Å². The van der Waals surface area contributed by atoms with Crippen molar-refractivity contribution in [1.29, 1.82) is 0 Å². The second-order valence-corrected chi connectivity index (χ2v) is 4.35. The van der Waals surface area contributed by atoms with E-state index < -0.39 is 0 Å². The highest BCUT2D eigenvalue weighted by atomic mass is 19.1. The molecule has 5 heteroatoms. The summed E-state index contributed by atoms with van der Waals surface area (Å²) in [5, 5.41) is 3.31. The molecule has 0 radical (unpaired) electrons. The fourth-order valence-corrected chi connectivity index (χ4v) is 2.04. The maximum Gasteiger partial charge on any atom is 0.165 e. The Morgan fingerprint density at radius 3 is 2.79 bits per heavy atom. The fourth-order valence-electron chi connectivity index (χ4n) is 2.04. The summed E-state index contributed by atoms with van der Waals surface area (Å²) >= 11 is 0. The van der Waals surface area contributed by atoms with Crippen molar-refractivity contribution in [3.63, 3.8) is 0 Å². The minimum absolute atomic E-state index is 0.119. The van der Waals surface area contributed by atoms with Crippen LogP contribution in [0.5, 0.6) is 5.75 Å². The lowest BCUT2D eigenvalue weighted by molar-refractivity contribution is 0.385. The second-order valence-electron chi connectivity index (χ2n) is 4.35. The molecule has 0 aliphatic heterocycles. The normalized spacial score (nSPS) is 12.4. The van der Waals surface area contributed by atoms with Crippen molar-refractivity contribution >= 4 is 0 Å². The summed E-state index contributed by atoms with van der Waals surface area (Å²) in [5.41, 5.74) is 1.70. The Morgan fingerprint density at radius 1 is 1.47 bits per heavy atom. The van der Waals surface area contributed by atoms with Crippen molar-refractivity contribution in [2.24, 2.45) is 7.05 Å². The largest absolute Gasteiger partial charge is 0.494 e. The Labute approximate surface area is 112 Å². The van der Waals surface area contributed by atoms with Gasteiger partial charge in [-0.25, -0.2) is 9.37 Å². The first-order valence-corrected chi connectivity index (χ1v) is 6.20. The molecule has 4 nitrogen and oxygen atoms in total. The molecular formula is C14H18FN3O. The van der Waals surface area contributed by atoms with Gasteiger partial charge in [-0.3, -0.25) is 0 Å². The minimum Gasteiger partial charge on any atom is -0.494 e. The highest BCUT2D eigenvalue weighted by molar-refractivity contribution is 5.34. The van der Waals surface area contributed by atoms with E-state index in [0.717, 1.165) is 17.8 Å². The number of nitrogens with one attached hydrogen (secondary N) is 1. The van der Waals surface area contributed by atoms with Crippen LogP contribution < -0.4 is 10.1 Å². The summed E-state index contributed by atoms with van der Waals surface area (Å²) in [7, 11) is 3.37. The van der Waals surface area contributed by atoms with Gasteiger partial charge in [0.15, 0.2) is 11.6 Å². The molecule has 0 fully saturated rings. The molecule has 1 heterocycles. The molecule has 0 bridgehead atoms. The fraction of sp³-hybridized carbons (Fsp3) is 0.357. The van der Waals surface area contributed by atoms with E-state index in [2.05, 4.69) is 10.3 Å². The van der Waals surface area contributed by atoms with Crippen LogP contribution in [-0.4, -0.2) is 23.2 Å². The highest BCUT2D eigenvalue weighted by Crippen LogP contribution is 2.25. The molecule has 102 valence electrons. The van der Waals surface area contributed by atoms with Crippen molar-refractivity contribution in [2.45, 2.75) is 13.0 Å². The molecule has 0 spiro atoms. The van der Waals surface area contributed by atoms with Gasteiger partial charge in [-0.2, -0.15) is 0 Å². The SMILES string of the molecule is CCNC(c1ccc(OC)c(F)c1)c1cn(C)cn1. The molecule has 1 aromatic heterocycles. The first-order valence-electron chi connectivity index (χ1n) is 6.20. The molecule has 0 saturated heterocycles. The molecule has 2 rings (SSSR count). The lowest BCUT2D eigenvalue weighted by Crippen LogP contribution is -2.22. The van der Waals surface area contributed by atoms with E-state index in [4.69, 9.17) is 4.74 Å². The third-order valence-electron chi connectivity index (χ3n) is 2.94. The average Bonchev–Trinajstić information content (AvgIpc) is 2.82. The third-order valence-corrected chi connectivity index (χ3v) is 2.94. The summed E-state index contributed by atoms with van der Waals surface area (Å²) < 4.78 is 20.6. The number of aromatic nitrogens is 2. The maximum absolute atomic E-state index is 13.8. The van der Waals surface area contributed by atoms with Gasteiger partial charge >= 0.3 is 0 Å². The Kier molecular flexibility index (Phi) is 4.16.